The molecule has 0 saturated carbocycles. The van der Waals surface area contributed by atoms with Gasteiger partial charge < -0.3 is 14.7 Å². The van der Waals surface area contributed by atoms with Crippen LogP contribution in [0.5, 0.6) is 0 Å². The number of hydrogen-bond acceptors (Lipinski definition) is 3. The Balaban J connectivity index is 2.54. The van der Waals surface area contributed by atoms with E-state index in [0.717, 1.165) is 16.8 Å². The normalized spacial score (nSPS) is 25.4. The standard InChI is InChI=1S/C16H21NO4/c1-5-16(15(19)20)9-17(14(18)13(16)21-4)12-10(2)7-6-8-11(12)3/h6-8,13H,5,9H2,1-4H3,(H,19,20). The number of anilines is 1. The van der Waals surface area contributed by atoms with Gasteiger partial charge in [-0.2, -0.15) is 0 Å². The van der Waals surface area contributed by atoms with E-state index >= 15 is 0 Å². The summed E-state index contributed by atoms with van der Waals surface area (Å²) in [7, 11) is 1.39. The van der Waals surface area contributed by atoms with E-state index < -0.39 is 17.5 Å². The van der Waals surface area contributed by atoms with Crippen LogP contribution in [0.15, 0.2) is 18.2 Å². The van der Waals surface area contributed by atoms with Gasteiger partial charge in [0.05, 0.1) is 0 Å². The maximum absolute atomic E-state index is 12.7. The van der Waals surface area contributed by atoms with Crippen LogP contribution in [0.3, 0.4) is 0 Å². The van der Waals surface area contributed by atoms with Crippen molar-refractivity contribution in [3.63, 3.8) is 0 Å². The quantitative estimate of drug-likeness (QED) is 0.923. The van der Waals surface area contributed by atoms with Gasteiger partial charge in [-0.25, -0.2) is 0 Å². The molecular formula is C16H21NO4. The summed E-state index contributed by atoms with van der Waals surface area (Å²) in [5, 5.41) is 9.63. The number of amides is 1. The highest BCUT2D eigenvalue weighted by molar-refractivity contribution is 6.05. The number of aryl methyl sites for hydroxylation is 2. The number of carboxylic acids is 1. The Labute approximate surface area is 124 Å². The van der Waals surface area contributed by atoms with Crippen molar-refractivity contribution in [2.75, 3.05) is 18.6 Å². The van der Waals surface area contributed by atoms with Gasteiger partial charge in [0.15, 0.2) is 6.10 Å². The van der Waals surface area contributed by atoms with E-state index in [1.165, 1.54) is 7.11 Å². The fourth-order valence-electron chi connectivity index (χ4n) is 3.20. The van der Waals surface area contributed by atoms with Crippen LogP contribution in [-0.2, 0) is 14.3 Å². The molecule has 21 heavy (non-hydrogen) atoms. The molecule has 1 aromatic rings. The Hall–Kier alpha value is -1.88. The molecule has 1 amide bonds. The Morgan fingerprint density at radius 2 is 2.00 bits per heavy atom. The monoisotopic (exact) mass is 291 g/mol. The van der Waals surface area contributed by atoms with Crippen molar-refractivity contribution in [1.29, 1.82) is 0 Å². The third-order valence-corrected chi connectivity index (χ3v) is 4.43. The van der Waals surface area contributed by atoms with Crippen LogP contribution < -0.4 is 4.90 Å². The molecule has 1 aliphatic heterocycles. The SMILES string of the molecule is CCC1(C(=O)O)CN(c2c(C)cccc2C)C(=O)C1OC. The van der Waals surface area contributed by atoms with Crippen molar-refractivity contribution >= 4 is 17.6 Å². The summed E-state index contributed by atoms with van der Waals surface area (Å²) in [5.41, 5.74) is 1.51. The highest BCUT2D eigenvalue weighted by Gasteiger charge is 2.57. The zero-order valence-corrected chi connectivity index (χ0v) is 12.8. The molecule has 1 fully saturated rings. The molecule has 1 heterocycles. The molecule has 114 valence electrons. The van der Waals surface area contributed by atoms with Crippen LogP contribution >= 0.6 is 0 Å². The molecule has 5 nitrogen and oxygen atoms in total. The molecule has 0 spiro atoms. The van der Waals surface area contributed by atoms with E-state index in [0.29, 0.717) is 6.42 Å². The lowest BCUT2D eigenvalue weighted by atomic mass is 9.82. The minimum atomic E-state index is -1.19. The van der Waals surface area contributed by atoms with Gasteiger partial charge in [0.2, 0.25) is 0 Å². The van der Waals surface area contributed by atoms with Gasteiger partial charge >= 0.3 is 5.97 Å². The number of rotatable bonds is 4. The second-order valence-corrected chi connectivity index (χ2v) is 5.60. The molecule has 0 aromatic heterocycles. The number of nitrogens with zero attached hydrogens (tertiary/aromatic N) is 1. The largest absolute Gasteiger partial charge is 0.481 e. The molecule has 0 radical (unpaired) electrons. The number of benzene rings is 1. The summed E-state index contributed by atoms with van der Waals surface area (Å²) in [4.78, 5) is 26.0. The van der Waals surface area contributed by atoms with Crippen molar-refractivity contribution in [3.05, 3.63) is 29.3 Å². The lowest BCUT2D eigenvalue weighted by Gasteiger charge is -2.26. The van der Waals surface area contributed by atoms with Gasteiger partial charge in [0.25, 0.3) is 5.91 Å². The van der Waals surface area contributed by atoms with Gasteiger partial charge in [-0.05, 0) is 31.4 Å². The van der Waals surface area contributed by atoms with E-state index in [1.807, 2.05) is 32.0 Å². The van der Waals surface area contributed by atoms with Gasteiger partial charge in [-0.1, -0.05) is 25.1 Å². The van der Waals surface area contributed by atoms with Crippen LogP contribution in [0.25, 0.3) is 0 Å². The third kappa shape index (κ3) is 2.21. The summed E-state index contributed by atoms with van der Waals surface area (Å²) >= 11 is 0. The van der Waals surface area contributed by atoms with Crippen LogP contribution in [0.1, 0.15) is 24.5 Å². The second kappa shape index (κ2) is 5.48. The van der Waals surface area contributed by atoms with E-state index in [9.17, 15) is 14.7 Å². The molecule has 0 bridgehead atoms. The number of carbonyl (C=O) groups excluding carboxylic acids is 1. The van der Waals surface area contributed by atoms with Crippen molar-refractivity contribution in [2.24, 2.45) is 5.41 Å². The third-order valence-electron chi connectivity index (χ3n) is 4.43. The van der Waals surface area contributed by atoms with E-state index in [1.54, 1.807) is 11.8 Å². The molecule has 1 N–H and O–H groups in total. The Kier molecular flexibility index (Phi) is 4.05. The van der Waals surface area contributed by atoms with E-state index in [4.69, 9.17) is 4.74 Å². The van der Waals surface area contributed by atoms with Crippen molar-refractivity contribution in [2.45, 2.75) is 33.3 Å². The number of carbonyl (C=O) groups is 2. The highest BCUT2D eigenvalue weighted by atomic mass is 16.5. The first-order valence-corrected chi connectivity index (χ1v) is 7.02. The average molecular weight is 291 g/mol. The van der Waals surface area contributed by atoms with Crippen LogP contribution in [0, 0.1) is 19.3 Å². The number of para-hydroxylation sites is 1. The fraction of sp³-hybridized carbons (Fsp3) is 0.500. The van der Waals surface area contributed by atoms with Gasteiger partial charge in [0, 0.05) is 19.3 Å². The summed E-state index contributed by atoms with van der Waals surface area (Å²) in [6.07, 6.45) is -0.604. The predicted molar refractivity (Wildman–Crippen MR) is 79.4 cm³/mol. The molecule has 1 saturated heterocycles. The first kappa shape index (κ1) is 15.5. The lowest BCUT2D eigenvalue weighted by molar-refractivity contribution is -0.158. The number of carboxylic acid groups (broad SMARTS) is 1. The van der Waals surface area contributed by atoms with Crippen molar-refractivity contribution in [3.8, 4) is 0 Å². The molecule has 1 aliphatic rings. The molecule has 1 aromatic carbocycles. The molecule has 2 rings (SSSR count). The first-order chi connectivity index (χ1) is 9.89. The Bertz CT molecular complexity index is 563. The summed E-state index contributed by atoms with van der Waals surface area (Å²) in [6, 6.07) is 5.76. The Morgan fingerprint density at radius 1 is 1.43 bits per heavy atom. The zero-order chi connectivity index (χ0) is 15.8. The fourth-order valence-corrected chi connectivity index (χ4v) is 3.20. The number of hydrogen-bond donors (Lipinski definition) is 1. The van der Waals surface area contributed by atoms with Crippen molar-refractivity contribution < 1.29 is 19.4 Å². The summed E-state index contributed by atoms with van der Waals surface area (Å²) in [6.45, 7) is 5.76. The summed E-state index contributed by atoms with van der Waals surface area (Å²) in [5.74, 6) is -1.27. The maximum Gasteiger partial charge on any atom is 0.314 e. The zero-order valence-electron chi connectivity index (χ0n) is 12.8. The highest BCUT2D eigenvalue weighted by Crippen LogP contribution is 2.41. The minimum Gasteiger partial charge on any atom is -0.481 e. The Morgan fingerprint density at radius 3 is 2.38 bits per heavy atom. The molecule has 2 atom stereocenters. The molecular weight excluding hydrogens is 270 g/mol. The topological polar surface area (TPSA) is 66.8 Å². The van der Waals surface area contributed by atoms with Gasteiger partial charge in [-0.15, -0.1) is 0 Å². The number of ether oxygens (including phenoxy) is 1. The number of aliphatic carboxylic acids is 1. The molecule has 0 aliphatic carbocycles. The minimum absolute atomic E-state index is 0.141. The van der Waals surface area contributed by atoms with Gasteiger partial charge in [0.1, 0.15) is 5.41 Å². The van der Waals surface area contributed by atoms with Crippen LogP contribution in [-0.4, -0.2) is 36.7 Å². The van der Waals surface area contributed by atoms with E-state index in [2.05, 4.69) is 0 Å². The first-order valence-electron chi connectivity index (χ1n) is 7.02. The smallest absolute Gasteiger partial charge is 0.314 e. The number of methoxy groups -OCH3 is 1. The van der Waals surface area contributed by atoms with Crippen molar-refractivity contribution in [1.82, 2.24) is 0 Å². The average Bonchev–Trinajstić information content (AvgIpc) is 2.72. The second-order valence-electron chi connectivity index (χ2n) is 5.60. The summed E-state index contributed by atoms with van der Waals surface area (Å²) < 4.78 is 5.25. The van der Waals surface area contributed by atoms with E-state index in [-0.39, 0.29) is 12.5 Å². The molecule has 5 heteroatoms. The van der Waals surface area contributed by atoms with Crippen LogP contribution in [0.2, 0.25) is 0 Å². The lowest BCUT2D eigenvalue weighted by Crippen LogP contribution is -2.43. The molecule has 2 unspecified atom stereocenters. The van der Waals surface area contributed by atoms with Crippen LogP contribution in [0.4, 0.5) is 5.69 Å². The maximum atomic E-state index is 12.7. The van der Waals surface area contributed by atoms with Gasteiger partial charge in [-0.3, -0.25) is 9.59 Å². The predicted octanol–water partition coefficient (Wildman–Crippen LogP) is 2.15.